The molecule has 0 fully saturated rings. The van der Waals surface area contributed by atoms with E-state index in [0.29, 0.717) is 38.9 Å². The fourth-order valence-corrected chi connectivity index (χ4v) is 4.94. The van der Waals surface area contributed by atoms with Crippen molar-refractivity contribution < 1.29 is 45.0 Å². The minimum absolute atomic E-state index is 0.0647. The van der Waals surface area contributed by atoms with Crippen LogP contribution in [-0.4, -0.2) is 73.5 Å². The van der Waals surface area contributed by atoms with Gasteiger partial charge in [-0.05, 0) is 91.6 Å². The summed E-state index contributed by atoms with van der Waals surface area (Å²) in [5.74, 6) is -2.18. The number of nitrogens with one attached hydrogen (secondary N) is 3. The maximum Gasteiger partial charge on any atom is 0.220 e. The topological polar surface area (TPSA) is 235 Å². The van der Waals surface area contributed by atoms with Gasteiger partial charge >= 0.3 is 0 Å². The number of phenolic OH excluding ortho intramolecular Hbond substituents is 6. The highest BCUT2D eigenvalue weighted by atomic mass is 16.3. The number of benzene rings is 3. The molecule has 3 amide bonds. The second kappa shape index (κ2) is 17.5. The maximum atomic E-state index is 12.6. The first kappa shape index (κ1) is 36.3. The van der Waals surface area contributed by atoms with Crippen molar-refractivity contribution in [2.45, 2.75) is 63.3 Å². The number of rotatable bonds is 18. The molecule has 0 radical (unpaired) electrons. The molecule has 47 heavy (non-hydrogen) atoms. The molecule has 3 aromatic rings. The summed E-state index contributed by atoms with van der Waals surface area (Å²) in [6, 6.07) is 13.3. The molecule has 3 aromatic carbocycles. The van der Waals surface area contributed by atoms with Crippen LogP contribution in [0.2, 0.25) is 0 Å². The highest BCUT2D eigenvalue weighted by Crippen LogP contribution is 2.27. The molecular weight excluding hydrogens is 608 g/mol. The minimum atomic E-state index is -1.000. The zero-order valence-electron chi connectivity index (χ0n) is 26.2. The highest BCUT2D eigenvalue weighted by Gasteiger charge is 2.27. The first-order valence-electron chi connectivity index (χ1n) is 15.4. The van der Waals surface area contributed by atoms with E-state index in [1.807, 2.05) is 0 Å². The summed E-state index contributed by atoms with van der Waals surface area (Å²) in [6.07, 6.45) is 2.15. The highest BCUT2D eigenvalue weighted by molar-refractivity contribution is 5.77. The van der Waals surface area contributed by atoms with Crippen molar-refractivity contribution in [2.24, 2.45) is 5.73 Å². The predicted octanol–water partition coefficient (Wildman–Crippen LogP) is 2.33. The standard InChI is InChI=1S/C34H44N4O9/c35-34(13-7-31(45)36-16-10-22-1-4-25(39)28(42)19-22,14-8-32(46)37-17-11-23-2-5-26(40)29(43)20-23)15-9-33(47)38-18-12-24-3-6-27(41)30(44)21-24/h1-6,19-21,39-44H,7-18,35H2,(H,36,45)(H,37,46)(H,38,47). The molecule has 0 atom stereocenters. The number of hydrogen-bond acceptors (Lipinski definition) is 10. The molecule has 0 heterocycles. The molecule has 0 saturated heterocycles. The van der Waals surface area contributed by atoms with E-state index in [4.69, 9.17) is 5.73 Å². The fourth-order valence-electron chi connectivity index (χ4n) is 4.94. The van der Waals surface area contributed by atoms with Gasteiger partial charge in [-0.1, -0.05) is 18.2 Å². The molecule has 0 unspecified atom stereocenters. The fraction of sp³-hybridized carbons (Fsp3) is 0.382. The summed E-state index contributed by atoms with van der Waals surface area (Å²) in [5, 5.41) is 65.8. The van der Waals surface area contributed by atoms with Crippen molar-refractivity contribution in [2.75, 3.05) is 19.6 Å². The Hall–Kier alpha value is -5.17. The van der Waals surface area contributed by atoms with Gasteiger partial charge in [0.05, 0.1) is 0 Å². The van der Waals surface area contributed by atoms with Gasteiger partial charge in [-0.15, -0.1) is 0 Å². The summed E-state index contributed by atoms with van der Waals surface area (Å²) >= 11 is 0. The van der Waals surface area contributed by atoms with Gasteiger partial charge in [-0.25, -0.2) is 0 Å². The van der Waals surface area contributed by atoms with E-state index in [2.05, 4.69) is 16.0 Å². The second-order valence-corrected chi connectivity index (χ2v) is 11.6. The molecule has 0 aliphatic carbocycles. The smallest absolute Gasteiger partial charge is 0.220 e. The van der Waals surface area contributed by atoms with Gasteiger partial charge in [0.15, 0.2) is 34.5 Å². The Labute approximate surface area is 273 Å². The number of phenols is 6. The van der Waals surface area contributed by atoms with Gasteiger partial charge in [0.2, 0.25) is 17.7 Å². The lowest BCUT2D eigenvalue weighted by molar-refractivity contribution is -0.121. The van der Waals surface area contributed by atoms with E-state index in [0.717, 1.165) is 16.7 Å². The molecule has 11 N–H and O–H groups in total. The summed E-state index contributed by atoms with van der Waals surface area (Å²) < 4.78 is 0. The van der Waals surface area contributed by atoms with Crippen LogP contribution in [-0.2, 0) is 33.6 Å². The zero-order valence-corrected chi connectivity index (χ0v) is 26.2. The van der Waals surface area contributed by atoms with Gasteiger partial charge in [-0.2, -0.15) is 0 Å². The molecule has 0 aliphatic rings. The van der Waals surface area contributed by atoms with Crippen molar-refractivity contribution in [3.05, 3.63) is 71.3 Å². The van der Waals surface area contributed by atoms with Gasteiger partial charge in [0.25, 0.3) is 0 Å². The monoisotopic (exact) mass is 652 g/mol. The summed E-state index contributed by atoms with van der Waals surface area (Å²) in [6.45, 7) is 0.884. The van der Waals surface area contributed by atoms with Crippen molar-refractivity contribution in [1.29, 1.82) is 0 Å². The molecule has 0 aromatic heterocycles. The van der Waals surface area contributed by atoms with Crippen LogP contribution >= 0.6 is 0 Å². The Balaban J connectivity index is 1.49. The molecule has 13 heteroatoms. The number of carbonyl (C=O) groups is 3. The number of carbonyl (C=O) groups excluding carboxylic acids is 3. The van der Waals surface area contributed by atoms with Crippen LogP contribution in [0.3, 0.4) is 0 Å². The molecule has 0 saturated carbocycles. The van der Waals surface area contributed by atoms with E-state index in [1.54, 1.807) is 18.2 Å². The van der Waals surface area contributed by atoms with Gasteiger partial charge < -0.3 is 52.3 Å². The molecule has 3 rings (SSSR count). The van der Waals surface area contributed by atoms with E-state index < -0.39 is 5.54 Å². The quantitative estimate of drug-likeness (QED) is 0.0901. The Morgan fingerprint density at radius 2 is 0.766 bits per heavy atom. The van der Waals surface area contributed by atoms with E-state index in [-0.39, 0.29) is 90.7 Å². The van der Waals surface area contributed by atoms with Gasteiger partial charge in [0, 0.05) is 44.4 Å². The first-order valence-corrected chi connectivity index (χ1v) is 15.4. The molecule has 0 bridgehead atoms. The van der Waals surface area contributed by atoms with Gasteiger partial charge in [0.1, 0.15) is 0 Å². The average molecular weight is 653 g/mol. The molecule has 0 aliphatic heterocycles. The summed E-state index contributed by atoms with van der Waals surface area (Å²) in [7, 11) is 0. The third-order valence-corrected chi connectivity index (χ3v) is 7.88. The largest absolute Gasteiger partial charge is 0.504 e. The van der Waals surface area contributed by atoms with Crippen LogP contribution in [0.5, 0.6) is 34.5 Å². The number of nitrogens with two attached hydrogens (primary N) is 1. The third kappa shape index (κ3) is 12.6. The zero-order chi connectivity index (χ0) is 34.4. The van der Waals surface area contributed by atoms with Crippen LogP contribution in [0, 0.1) is 0 Å². The lowest BCUT2D eigenvalue weighted by atomic mass is 9.84. The summed E-state index contributed by atoms with van der Waals surface area (Å²) in [4.78, 5) is 37.9. The van der Waals surface area contributed by atoms with Gasteiger partial charge in [-0.3, -0.25) is 14.4 Å². The number of amides is 3. The Morgan fingerprint density at radius 1 is 0.489 bits per heavy atom. The maximum absolute atomic E-state index is 12.6. The SMILES string of the molecule is NC(CCC(=O)NCCc1ccc(O)c(O)c1)(CCC(=O)NCCc1ccc(O)c(O)c1)CCC(=O)NCCc1ccc(O)c(O)c1. The molecule has 13 nitrogen and oxygen atoms in total. The second-order valence-electron chi connectivity index (χ2n) is 11.6. The Morgan fingerprint density at radius 3 is 1.02 bits per heavy atom. The van der Waals surface area contributed by atoms with Crippen molar-refractivity contribution in [3.8, 4) is 34.5 Å². The Kier molecular flexibility index (Phi) is 13.5. The summed E-state index contributed by atoms with van der Waals surface area (Å²) in [5.41, 5.74) is 7.90. The van der Waals surface area contributed by atoms with E-state index in [9.17, 15) is 45.0 Å². The minimum Gasteiger partial charge on any atom is -0.504 e. The molecule has 254 valence electrons. The third-order valence-electron chi connectivity index (χ3n) is 7.88. The van der Waals surface area contributed by atoms with Crippen molar-refractivity contribution in [3.63, 3.8) is 0 Å². The number of aromatic hydroxyl groups is 6. The predicted molar refractivity (Wildman–Crippen MR) is 174 cm³/mol. The van der Waals surface area contributed by atoms with E-state index in [1.165, 1.54) is 36.4 Å². The first-order chi connectivity index (χ1) is 22.3. The lowest BCUT2D eigenvalue weighted by Crippen LogP contribution is -2.43. The van der Waals surface area contributed by atoms with Crippen LogP contribution in [0.4, 0.5) is 0 Å². The van der Waals surface area contributed by atoms with Crippen LogP contribution in [0.1, 0.15) is 55.2 Å². The van der Waals surface area contributed by atoms with Crippen LogP contribution in [0.15, 0.2) is 54.6 Å². The average Bonchev–Trinajstić information content (AvgIpc) is 3.03. The normalized spacial score (nSPS) is 11.2. The van der Waals surface area contributed by atoms with Crippen LogP contribution < -0.4 is 21.7 Å². The van der Waals surface area contributed by atoms with Crippen molar-refractivity contribution >= 4 is 17.7 Å². The number of hydrogen-bond donors (Lipinski definition) is 10. The van der Waals surface area contributed by atoms with E-state index >= 15 is 0 Å². The Bertz CT molecular complexity index is 1350. The molecular formula is C34H44N4O9. The lowest BCUT2D eigenvalue weighted by Gasteiger charge is -2.29. The van der Waals surface area contributed by atoms with Crippen LogP contribution in [0.25, 0.3) is 0 Å². The van der Waals surface area contributed by atoms with Crippen molar-refractivity contribution in [1.82, 2.24) is 16.0 Å². The molecule has 0 spiro atoms.